The second kappa shape index (κ2) is 8.27. The fourth-order valence-electron chi connectivity index (χ4n) is 4.47. The Hall–Kier alpha value is -3.24. The summed E-state index contributed by atoms with van der Waals surface area (Å²) in [6.45, 7) is 5.13. The lowest BCUT2D eigenvalue weighted by Gasteiger charge is -2.28. The summed E-state index contributed by atoms with van der Waals surface area (Å²) in [4.78, 5) is 18.1. The number of nitrogens with zero attached hydrogens (tertiary/aromatic N) is 4. The number of hydrogen-bond acceptors (Lipinski definition) is 7. The number of aromatic nitrogens is 3. The van der Waals surface area contributed by atoms with Crippen LogP contribution in [0.25, 0.3) is 5.65 Å². The molecule has 2 aliphatic rings. The Morgan fingerprint density at radius 1 is 1.36 bits per heavy atom. The Balaban J connectivity index is 1.43. The van der Waals surface area contributed by atoms with Crippen molar-refractivity contribution in [1.29, 1.82) is 0 Å². The van der Waals surface area contributed by atoms with E-state index in [4.69, 9.17) is 14.2 Å². The van der Waals surface area contributed by atoms with E-state index >= 15 is 0 Å². The van der Waals surface area contributed by atoms with Crippen molar-refractivity contribution in [1.82, 2.24) is 14.6 Å². The summed E-state index contributed by atoms with van der Waals surface area (Å²) in [6.07, 6.45) is 4.42. The molecule has 0 radical (unpaired) electrons. The number of halogens is 1. The lowest BCUT2D eigenvalue weighted by atomic mass is 10.0. The summed E-state index contributed by atoms with van der Waals surface area (Å²) in [5.74, 6) is -0.891. The first-order valence-corrected chi connectivity index (χ1v) is 10.9. The number of fused-ring (bicyclic) bond motifs is 1. The molecule has 4 heterocycles. The lowest BCUT2D eigenvalue weighted by molar-refractivity contribution is -0.141. The second-order valence-corrected chi connectivity index (χ2v) is 8.71. The largest absolute Gasteiger partial charge is 0.490 e. The molecule has 2 aromatic heterocycles. The number of anilines is 1. The van der Waals surface area contributed by atoms with Crippen molar-refractivity contribution in [3.05, 3.63) is 53.6 Å². The maximum absolute atomic E-state index is 14.3. The Kier molecular flexibility index (Phi) is 5.41. The molecule has 2 saturated heterocycles. The summed E-state index contributed by atoms with van der Waals surface area (Å²) < 4.78 is 33.2. The number of rotatable bonds is 6. The van der Waals surface area contributed by atoms with Crippen molar-refractivity contribution in [2.45, 2.75) is 44.6 Å². The van der Waals surface area contributed by atoms with Crippen LogP contribution >= 0.6 is 0 Å². The Morgan fingerprint density at radius 3 is 2.97 bits per heavy atom. The van der Waals surface area contributed by atoms with E-state index in [1.807, 2.05) is 13.8 Å². The van der Waals surface area contributed by atoms with E-state index in [1.54, 1.807) is 18.3 Å². The van der Waals surface area contributed by atoms with Crippen molar-refractivity contribution in [3.8, 4) is 5.75 Å². The van der Waals surface area contributed by atoms with Gasteiger partial charge in [-0.3, -0.25) is 0 Å². The summed E-state index contributed by atoms with van der Waals surface area (Å²) in [5.41, 5.74) is 1.02. The van der Waals surface area contributed by atoms with Gasteiger partial charge in [0, 0.05) is 18.3 Å². The van der Waals surface area contributed by atoms with Crippen LogP contribution in [-0.4, -0.2) is 57.3 Å². The monoisotopic (exact) mass is 456 g/mol. The predicted molar refractivity (Wildman–Crippen MR) is 116 cm³/mol. The number of hydrogen-bond donors (Lipinski definition) is 1. The molecule has 174 valence electrons. The van der Waals surface area contributed by atoms with E-state index in [0.717, 1.165) is 18.4 Å². The zero-order valence-electron chi connectivity index (χ0n) is 18.4. The van der Waals surface area contributed by atoms with Crippen LogP contribution in [-0.2, 0) is 9.47 Å². The van der Waals surface area contributed by atoms with Crippen molar-refractivity contribution in [3.63, 3.8) is 0 Å². The fourth-order valence-corrected chi connectivity index (χ4v) is 4.47. The molecule has 2 aliphatic heterocycles. The van der Waals surface area contributed by atoms with E-state index in [-0.39, 0.29) is 35.8 Å². The Bertz CT molecular complexity index is 1200. The van der Waals surface area contributed by atoms with Crippen molar-refractivity contribution < 1.29 is 28.5 Å². The molecule has 1 aromatic carbocycles. The minimum atomic E-state index is -1.09. The van der Waals surface area contributed by atoms with Crippen LogP contribution in [0, 0.1) is 5.82 Å². The number of benzene rings is 1. The molecule has 0 amide bonds. The third kappa shape index (κ3) is 4.23. The zero-order valence-corrected chi connectivity index (χ0v) is 18.4. The van der Waals surface area contributed by atoms with Gasteiger partial charge in [-0.1, -0.05) is 0 Å². The van der Waals surface area contributed by atoms with Gasteiger partial charge in [-0.05, 0) is 51.0 Å². The highest BCUT2D eigenvalue weighted by atomic mass is 19.1. The molecular formula is C23H25FN4O5. The third-order valence-corrected chi connectivity index (χ3v) is 5.95. The van der Waals surface area contributed by atoms with Crippen LogP contribution in [0.4, 0.5) is 10.2 Å². The molecule has 2 atom stereocenters. The molecule has 3 aromatic rings. The van der Waals surface area contributed by atoms with Gasteiger partial charge in [-0.2, -0.15) is 5.10 Å². The zero-order chi connectivity index (χ0) is 23.2. The first-order chi connectivity index (χ1) is 15.8. The van der Waals surface area contributed by atoms with E-state index in [9.17, 15) is 14.3 Å². The lowest BCUT2D eigenvalue weighted by Crippen LogP contribution is -2.26. The highest BCUT2D eigenvalue weighted by Crippen LogP contribution is 2.40. The van der Waals surface area contributed by atoms with E-state index in [2.05, 4.69) is 15.0 Å². The molecule has 5 rings (SSSR count). The van der Waals surface area contributed by atoms with Crippen molar-refractivity contribution >= 4 is 17.4 Å². The van der Waals surface area contributed by atoms with Crippen molar-refractivity contribution in [2.75, 3.05) is 24.7 Å². The third-order valence-electron chi connectivity index (χ3n) is 5.95. The summed E-state index contributed by atoms with van der Waals surface area (Å²) >= 11 is 0. The first-order valence-electron chi connectivity index (χ1n) is 10.9. The van der Waals surface area contributed by atoms with Gasteiger partial charge in [0.15, 0.2) is 11.4 Å². The number of carbonyl (C=O) groups is 1. The molecule has 33 heavy (non-hydrogen) atoms. The number of carboxylic acid groups (broad SMARTS) is 1. The molecule has 1 N–H and O–H groups in total. The maximum Gasteiger partial charge on any atom is 0.341 e. The molecule has 0 saturated carbocycles. The van der Waals surface area contributed by atoms with E-state index in [1.165, 1.54) is 22.8 Å². The van der Waals surface area contributed by atoms with Gasteiger partial charge in [0.2, 0.25) is 0 Å². The van der Waals surface area contributed by atoms with E-state index < -0.39 is 11.8 Å². The van der Waals surface area contributed by atoms with Crippen LogP contribution in [0.15, 0.2) is 36.7 Å². The number of aromatic carboxylic acids is 1. The van der Waals surface area contributed by atoms with E-state index in [0.29, 0.717) is 24.7 Å². The highest BCUT2D eigenvalue weighted by Gasteiger charge is 2.34. The molecule has 0 aliphatic carbocycles. The van der Waals surface area contributed by atoms with Gasteiger partial charge in [0.25, 0.3) is 0 Å². The Morgan fingerprint density at radius 2 is 2.21 bits per heavy atom. The molecule has 9 nitrogen and oxygen atoms in total. The van der Waals surface area contributed by atoms with Crippen LogP contribution in [0.3, 0.4) is 0 Å². The minimum Gasteiger partial charge on any atom is -0.490 e. The average Bonchev–Trinajstić information content (AvgIpc) is 3.50. The second-order valence-electron chi connectivity index (χ2n) is 8.71. The predicted octanol–water partition coefficient (Wildman–Crippen LogP) is 3.44. The average molecular weight is 456 g/mol. The maximum atomic E-state index is 14.3. The summed E-state index contributed by atoms with van der Waals surface area (Å²) in [7, 11) is 0. The smallest absolute Gasteiger partial charge is 0.341 e. The molecule has 1 unspecified atom stereocenters. The van der Waals surface area contributed by atoms with Gasteiger partial charge < -0.3 is 24.2 Å². The molecule has 0 spiro atoms. The normalized spacial score (nSPS) is 22.2. The van der Waals surface area contributed by atoms with Gasteiger partial charge in [-0.25, -0.2) is 18.7 Å². The van der Waals surface area contributed by atoms with Crippen molar-refractivity contribution in [2.24, 2.45) is 0 Å². The van der Waals surface area contributed by atoms with Crippen LogP contribution in [0.1, 0.15) is 48.7 Å². The molecule has 2 fully saturated rings. The highest BCUT2D eigenvalue weighted by molar-refractivity contribution is 5.94. The Labute approximate surface area is 189 Å². The topological polar surface area (TPSA) is 98.4 Å². The number of carboxylic acids is 1. The van der Waals surface area contributed by atoms with Crippen LogP contribution in [0.5, 0.6) is 5.75 Å². The summed E-state index contributed by atoms with van der Waals surface area (Å²) in [6, 6.07) is 6.13. The van der Waals surface area contributed by atoms with Gasteiger partial charge in [-0.15, -0.1) is 0 Å². The SMILES string of the molecule is CC1(C)OCC(COc2ccc(F)cc2[C@H]2CCCN2c2ccn3ncc(C(=O)O)c3n2)O1. The van der Waals surface area contributed by atoms with Crippen LogP contribution < -0.4 is 9.64 Å². The first kappa shape index (κ1) is 21.6. The molecular weight excluding hydrogens is 431 g/mol. The van der Waals surface area contributed by atoms with Gasteiger partial charge >= 0.3 is 5.97 Å². The van der Waals surface area contributed by atoms with Crippen LogP contribution in [0.2, 0.25) is 0 Å². The summed E-state index contributed by atoms with van der Waals surface area (Å²) in [5, 5.41) is 13.5. The quantitative estimate of drug-likeness (QED) is 0.602. The fraction of sp³-hybridized carbons (Fsp3) is 0.435. The number of ether oxygens (including phenoxy) is 3. The molecule has 0 bridgehead atoms. The minimum absolute atomic E-state index is 0.0316. The van der Waals surface area contributed by atoms with Gasteiger partial charge in [0.05, 0.1) is 18.8 Å². The van der Waals surface area contributed by atoms with Gasteiger partial charge in [0.1, 0.15) is 35.7 Å². The standard InChI is InChI=1S/C23H25FN4O5/c1-23(2)32-13-15(33-23)12-31-19-6-5-14(24)10-16(19)18-4-3-8-27(18)20-7-9-28-21(26-20)17(11-25-28)22(29)30/h5-7,9-11,15,18H,3-4,8,12-13H2,1-2H3,(H,29,30)/t15?,18-/m1/s1. The molecule has 10 heteroatoms.